The maximum absolute atomic E-state index is 5.84. The van der Waals surface area contributed by atoms with Gasteiger partial charge in [0.25, 0.3) is 0 Å². The van der Waals surface area contributed by atoms with E-state index in [4.69, 9.17) is 5.84 Å². The Morgan fingerprint density at radius 1 is 1.10 bits per heavy atom. The molecule has 4 heteroatoms. The molecule has 0 aliphatic rings. The lowest BCUT2D eigenvalue weighted by atomic mass is 9.93. The van der Waals surface area contributed by atoms with Crippen molar-refractivity contribution in [2.75, 3.05) is 0 Å². The minimum atomic E-state index is -0.0386. The van der Waals surface area contributed by atoms with Gasteiger partial charge < -0.3 is 0 Å². The van der Waals surface area contributed by atoms with Crippen molar-refractivity contribution >= 4 is 21.6 Å². The van der Waals surface area contributed by atoms with Gasteiger partial charge in [-0.2, -0.15) is 0 Å². The van der Waals surface area contributed by atoms with Crippen LogP contribution in [0.3, 0.4) is 0 Å². The second-order valence-corrected chi connectivity index (χ2v) is 6.41. The highest BCUT2D eigenvalue weighted by Gasteiger charge is 2.16. The second kappa shape index (κ2) is 5.56. The number of hydrazine groups is 1. The molecule has 0 radical (unpaired) electrons. The molecule has 0 saturated carbocycles. The molecule has 0 amide bonds. The summed E-state index contributed by atoms with van der Waals surface area (Å²) < 4.78 is 1.19. The summed E-state index contributed by atoms with van der Waals surface area (Å²) in [4.78, 5) is 4.52. The molecule has 3 rings (SSSR count). The minimum absolute atomic E-state index is 0.0386. The van der Waals surface area contributed by atoms with E-state index in [1.165, 1.54) is 27.0 Å². The Bertz CT molecular complexity index is 792. The summed E-state index contributed by atoms with van der Waals surface area (Å²) >= 11 is 1.70. The first kappa shape index (κ1) is 14.2. The number of nitrogens with two attached hydrogens (primary N) is 1. The fourth-order valence-corrected chi connectivity index (χ4v) is 3.47. The zero-order valence-corrected chi connectivity index (χ0v) is 13.3. The monoisotopic (exact) mass is 297 g/mol. The van der Waals surface area contributed by atoms with Crippen LogP contribution in [0, 0.1) is 20.8 Å². The summed E-state index contributed by atoms with van der Waals surface area (Å²) in [5.41, 5.74) is 10.1. The number of rotatable bonds is 3. The molecular formula is C17H19N3S. The van der Waals surface area contributed by atoms with Gasteiger partial charge in [0.2, 0.25) is 0 Å². The van der Waals surface area contributed by atoms with E-state index in [1.807, 2.05) is 12.3 Å². The molecule has 0 aliphatic heterocycles. The average Bonchev–Trinajstić information content (AvgIpc) is 2.92. The lowest BCUT2D eigenvalue weighted by Gasteiger charge is -2.20. The third-order valence-electron chi connectivity index (χ3n) is 4.02. The summed E-state index contributed by atoms with van der Waals surface area (Å²) in [7, 11) is 0. The van der Waals surface area contributed by atoms with Crippen molar-refractivity contribution in [3.8, 4) is 0 Å². The largest absolute Gasteiger partial charge is 0.271 e. The van der Waals surface area contributed by atoms with E-state index >= 15 is 0 Å². The molecule has 2 aromatic heterocycles. The standard InChI is InChI=1S/C17H19N3S/c1-10-6-12(3)14(7-11(10)2)17(20-18)13-8-16-15(19-9-13)4-5-21-16/h4-9,17,20H,18H2,1-3H3. The van der Waals surface area contributed by atoms with Gasteiger partial charge in [-0.15, -0.1) is 11.3 Å². The molecule has 3 nitrogen and oxygen atoms in total. The van der Waals surface area contributed by atoms with E-state index in [0.29, 0.717) is 0 Å². The van der Waals surface area contributed by atoms with E-state index in [9.17, 15) is 0 Å². The molecule has 0 saturated heterocycles. The normalized spacial score (nSPS) is 12.8. The first-order valence-electron chi connectivity index (χ1n) is 6.97. The van der Waals surface area contributed by atoms with Crippen LogP contribution in [-0.2, 0) is 0 Å². The number of nitrogens with zero attached hydrogens (tertiary/aromatic N) is 1. The van der Waals surface area contributed by atoms with Gasteiger partial charge in [0, 0.05) is 6.20 Å². The molecule has 0 fully saturated rings. The lowest BCUT2D eigenvalue weighted by Crippen LogP contribution is -2.29. The number of thiophene rings is 1. The van der Waals surface area contributed by atoms with E-state index in [-0.39, 0.29) is 6.04 Å². The van der Waals surface area contributed by atoms with Crippen molar-refractivity contribution in [1.29, 1.82) is 0 Å². The van der Waals surface area contributed by atoms with Gasteiger partial charge in [0.15, 0.2) is 0 Å². The van der Waals surface area contributed by atoms with E-state index in [0.717, 1.165) is 11.1 Å². The quantitative estimate of drug-likeness (QED) is 0.571. The molecule has 2 heterocycles. The molecule has 1 atom stereocenters. The summed E-state index contributed by atoms with van der Waals surface area (Å²) in [6.07, 6.45) is 1.91. The summed E-state index contributed by atoms with van der Waals surface area (Å²) in [6, 6.07) is 8.60. The van der Waals surface area contributed by atoms with Crippen molar-refractivity contribution in [2.45, 2.75) is 26.8 Å². The highest BCUT2D eigenvalue weighted by molar-refractivity contribution is 7.17. The second-order valence-electron chi connectivity index (χ2n) is 5.47. The SMILES string of the molecule is Cc1cc(C)c(C(NN)c2cnc3ccsc3c2)cc1C. The molecule has 1 unspecified atom stereocenters. The Balaban J connectivity index is 2.11. The first-order chi connectivity index (χ1) is 10.1. The van der Waals surface area contributed by atoms with Crippen LogP contribution in [0.2, 0.25) is 0 Å². The summed E-state index contributed by atoms with van der Waals surface area (Å²) in [5, 5.41) is 2.06. The molecule has 3 aromatic rings. The Morgan fingerprint density at radius 2 is 1.86 bits per heavy atom. The molecule has 1 aromatic carbocycles. The van der Waals surface area contributed by atoms with Crippen LogP contribution in [0.5, 0.6) is 0 Å². The van der Waals surface area contributed by atoms with Crippen molar-refractivity contribution < 1.29 is 0 Å². The lowest BCUT2D eigenvalue weighted by molar-refractivity contribution is 0.632. The molecule has 108 valence electrons. The van der Waals surface area contributed by atoms with E-state index in [2.05, 4.69) is 54.8 Å². The number of fused-ring (bicyclic) bond motifs is 1. The topological polar surface area (TPSA) is 50.9 Å². The molecular weight excluding hydrogens is 278 g/mol. The smallest absolute Gasteiger partial charge is 0.0809 e. The van der Waals surface area contributed by atoms with Crippen LogP contribution < -0.4 is 11.3 Å². The van der Waals surface area contributed by atoms with Gasteiger partial charge in [-0.3, -0.25) is 10.8 Å². The Morgan fingerprint density at radius 3 is 2.62 bits per heavy atom. The van der Waals surface area contributed by atoms with E-state index < -0.39 is 0 Å². The number of nitrogens with one attached hydrogen (secondary N) is 1. The zero-order chi connectivity index (χ0) is 15.0. The average molecular weight is 297 g/mol. The predicted molar refractivity (Wildman–Crippen MR) is 89.4 cm³/mol. The van der Waals surface area contributed by atoms with Gasteiger partial charge in [-0.25, -0.2) is 5.43 Å². The van der Waals surface area contributed by atoms with Gasteiger partial charge in [0.1, 0.15) is 0 Å². The molecule has 0 bridgehead atoms. The maximum Gasteiger partial charge on any atom is 0.0809 e. The Hall–Kier alpha value is -1.75. The van der Waals surface area contributed by atoms with Gasteiger partial charge in [-0.05, 0) is 66.1 Å². The number of benzene rings is 1. The molecule has 0 aliphatic carbocycles. The van der Waals surface area contributed by atoms with Crippen LogP contribution in [0.1, 0.15) is 33.9 Å². The third kappa shape index (κ3) is 2.58. The Kier molecular flexibility index (Phi) is 3.76. The molecule has 21 heavy (non-hydrogen) atoms. The van der Waals surface area contributed by atoms with Gasteiger partial charge in [-0.1, -0.05) is 12.1 Å². The van der Waals surface area contributed by atoms with Gasteiger partial charge in [0.05, 0.1) is 16.3 Å². The minimum Gasteiger partial charge on any atom is -0.271 e. The number of aromatic nitrogens is 1. The summed E-state index contributed by atoms with van der Waals surface area (Å²) in [5.74, 6) is 5.84. The third-order valence-corrected chi connectivity index (χ3v) is 4.87. The van der Waals surface area contributed by atoms with Crippen molar-refractivity contribution in [1.82, 2.24) is 10.4 Å². The van der Waals surface area contributed by atoms with Crippen molar-refractivity contribution in [3.63, 3.8) is 0 Å². The fourth-order valence-electron chi connectivity index (χ4n) is 2.68. The number of aryl methyl sites for hydroxylation is 3. The van der Waals surface area contributed by atoms with Crippen LogP contribution >= 0.6 is 11.3 Å². The molecule has 3 N–H and O–H groups in total. The first-order valence-corrected chi connectivity index (χ1v) is 7.85. The highest BCUT2D eigenvalue weighted by Crippen LogP contribution is 2.29. The number of hydrogen-bond acceptors (Lipinski definition) is 4. The number of hydrogen-bond donors (Lipinski definition) is 2. The highest BCUT2D eigenvalue weighted by atomic mass is 32.1. The number of pyridine rings is 1. The van der Waals surface area contributed by atoms with Crippen molar-refractivity contribution in [2.24, 2.45) is 5.84 Å². The maximum atomic E-state index is 5.84. The molecule has 0 spiro atoms. The zero-order valence-electron chi connectivity index (χ0n) is 12.5. The van der Waals surface area contributed by atoms with Crippen molar-refractivity contribution in [3.05, 3.63) is 63.7 Å². The predicted octanol–water partition coefficient (Wildman–Crippen LogP) is 3.77. The van der Waals surface area contributed by atoms with Gasteiger partial charge >= 0.3 is 0 Å². The van der Waals surface area contributed by atoms with E-state index in [1.54, 1.807) is 11.3 Å². The van der Waals surface area contributed by atoms with Crippen LogP contribution in [-0.4, -0.2) is 4.98 Å². The van der Waals surface area contributed by atoms with Crippen LogP contribution in [0.4, 0.5) is 0 Å². The fraction of sp³-hybridized carbons (Fsp3) is 0.235. The summed E-state index contributed by atoms with van der Waals surface area (Å²) in [6.45, 7) is 6.39. The van der Waals surface area contributed by atoms with Crippen LogP contribution in [0.25, 0.3) is 10.2 Å². The Labute approximate surface area is 128 Å². The van der Waals surface area contributed by atoms with Crippen LogP contribution in [0.15, 0.2) is 35.8 Å².